The Labute approximate surface area is 214 Å². The molecule has 4 aromatic rings. The molecule has 0 spiro atoms. The van der Waals surface area contributed by atoms with Gasteiger partial charge in [0.25, 0.3) is 0 Å². The lowest BCUT2D eigenvalue weighted by Crippen LogP contribution is -1.90. The van der Waals surface area contributed by atoms with Gasteiger partial charge in [-0.3, -0.25) is 0 Å². The highest BCUT2D eigenvalue weighted by molar-refractivity contribution is 5.72. The summed E-state index contributed by atoms with van der Waals surface area (Å²) in [6.07, 6.45) is 1.34. The molecule has 36 heavy (non-hydrogen) atoms. The van der Waals surface area contributed by atoms with Gasteiger partial charge in [0.2, 0.25) is 0 Å². The number of rotatable bonds is 5. The van der Waals surface area contributed by atoms with Crippen LogP contribution in [0.3, 0.4) is 0 Å². The van der Waals surface area contributed by atoms with Crippen LogP contribution in [0.25, 0.3) is 11.1 Å². The van der Waals surface area contributed by atoms with Crippen LogP contribution in [-0.4, -0.2) is 23.4 Å². The molecule has 0 saturated carbocycles. The van der Waals surface area contributed by atoms with Gasteiger partial charge in [-0.1, -0.05) is 60.1 Å². The molecule has 178 valence electrons. The summed E-state index contributed by atoms with van der Waals surface area (Å²) in [6, 6.07) is 28.8. The molecule has 0 atom stereocenters. The Morgan fingerprint density at radius 2 is 0.806 bits per heavy atom. The van der Waals surface area contributed by atoms with Crippen LogP contribution >= 0.6 is 0 Å². The van der Waals surface area contributed by atoms with Gasteiger partial charge in [0, 0.05) is 35.5 Å². The summed E-state index contributed by atoms with van der Waals surface area (Å²) in [5.74, 6) is 13.0. The first kappa shape index (κ1) is 25.0. The predicted octanol–water partition coefficient (Wildman–Crippen LogP) is 5.84. The van der Waals surface area contributed by atoms with Crippen molar-refractivity contribution in [2.75, 3.05) is 13.2 Å². The maximum absolute atomic E-state index is 9.05. The van der Waals surface area contributed by atoms with Gasteiger partial charge in [0.15, 0.2) is 0 Å². The van der Waals surface area contributed by atoms with Crippen LogP contribution in [0.15, 0.2) is 84.9 Å². The molecule has 0 radical (unpaired) electrons. The van der Waals surface area contributed by atoms with Crippen LogP contribution in [0.5, 0.6) is 0 Å². The molecule has 0 fully saturated rings. The van der Waals surface area contributed by atoms with E-state index in [0.717, 1.165) is 33.4 Å². The lowest BCUT2D eigenvalue weighted by Gasteiger charge is -2.10. The van der Waals surface area contributed by atoms with Crippen molar-refractivity contribution in [3.05, 3.63) is 129 Å². The van der Waals surface area contributed by atoms with E-state index < -0.39 is 0 Å². The number of hydrogen-bond donors (Lipinski definition) is 2. The molecule has 2 heteroatoms. The molecule has 2 nitrogen and oxygen atoms in total. The predicted molar refractivity (Wildman–Crippen MR) is 148 cm³/mol. The molecule has 0 bridgehead atoms. The fourth-order valence-corrected chi connectivity index (χ4v) is 4.14. The van der Waals surface area contributed by atoms with Crippen LogP contribution in [0.4, 0.5) is 0 Å². The molecular weight excluding hydrogens is 440 g/mol. The molecule has 0 aliphatic rings. The van der Waals surface area contributed by atoms with E-state index in [1.165, 1.54) is 22.3 Å². The number of aliphatic hydroxyl groups is 2. The van der Waals surface area contributed by atoms with Gasteiger partial charge in [-0.25, -0.2) is 0 Å². The fourth-order valence-electron chi connectivity index (χ4n) is 4.14. The Balaban J connectivity index is 1.49. The number of hydrogen-bond acceptors (Lipinski definition) is 2. The lowest BCUT2D eigenvalue weighted by atomic mass is 9.94. The van der Waals surface area contributed by atoms with E-state index in [2.05, 4.69) is 73.9 Å². The summed E-state index contributed by atoms with van der Waals surface area (Å²) in [7, 11) is 0. The average molecular weight is 471 g/mol. The summed E-state index contributed by atoms with van der Waals surface area (Å²) in [5.41, 5.74) is 10.9. The van der Waals surface area contributed by atoms with E-state index in [9.17, 15) is 0 Å². The maximum atomic E-state index is 9.05. The van der Waals surface area contributed by atoms with Gasteiger partial charge in [-0.05, 0) is 109 Å². The molecule has 0 heterocycles. The van der Waals surface area contributed by atoms with Gasteiger partial charge in [-0.15, -0.1) is 0 Å². The molecule has 0 aromatic heterocycles. The highest BCUT2D eigenvalue weighted by Crippen LogP contribution is 2.28. The zero-order valence-electron chi connectivity index (χ0n) is 20.8. The molecule has 0 aliphatic carbocycles. The van der Waals surface area contributed by atoms with Crippen molar-refractivity contribution in [2.24, 2.45) is 0 Å². The molecule has 4 aromatic carbocycles. The van der Waals surface area contributed by atoms with E-state index in [4.69, 9.17) is 10.2 Å². The first-order valence-corrected chi connectivity index (χ1v) is 12.2. The Bertz CT molecular complexity index is 1340. The zero-order chi connectivity index (χ0) is 25.3. The first-order valence-electron chi connectivity index (χ1n) is 12.2. The van der Waals surface area contributed by atoms with Crippen LogP contribution in [0, 0.1) is 37.5 Å². The van der Waals surface area contributed by atoms with E-state index in [1.807, 2.05) is 48.5 Å². The molecule has 0 unspecified atom stereocenters. The van der Waals surface area contributed by atoms with Gasteiger partial charge < -0.3 is 10.2 Å². The molecule has 4 rings (SSSR count). The maximum Gasteiger partial charge on any atom is 0.0471 e. The Hall–Kier alpha value is -4.08. The minimum Gasteiger partial charge on any atom is -0.396 e. The van der Waals surface area contributed by atoms with Crippen LogP contribution in [0.1, 0.15) is 44.5 Å². The van der Waals surface area contributed by atoms with Gasteiger partial charge in [0.1, 0.15) is 0 Å². The third-order valence-electron chi connectivity index (χ3n) is 6.15. The average Bonchev–Trinajstić information content (AvgIpc) is 2.89. The van der Waals surface area contributed by atoms with Crippen molar-refractivity contribution < 1.29 is 10.2 Å². The summed E-state index contributed by atoms with van der Waals surface area (Å²) in [4.78, 5) is 0. The van der Waals surface area contributed by atoms with Gasteiger partial charge in [-0.2, -0.15) is 0 Å². The summed E-state index contributed by atoms with van der Waals surface area (Å²) in [6.45, 7) is 4.57. The number of benzene rings is 4. The van der Waals surface area contributed by atoms with E-state index in [1.54, 1.807) is 0 Å². The highest BCUT2D eigenvalue weighted by atomic mass is 16.3. The van der Waals surface area contributed by atoms with Crippen molar-refractivity contribution in [3.63, 3.8) is 0 Å². The van der Waals surface area contributed by atoms with Crippen molar-refractivity contribution in [2.45, 2.75) is 26.7 Å². The monoisotopic (exact) mass is 470 g/mol. The minimum absolute atomic E-state index is 0.160. The second-order valence-corrected chi connectivity index (χ2v) is 8.90. The third kappa shape index (κ3) is 6.53. The van der Waals surface area contributed by atoms with Crippen LogP contribution < -0.4 is 0 Å². The van der Waals surface area contributed by atoms with Gasteiger partial charge in [0.05, 0.1) is 0 Å². The second kappa shape index (κ2) is 12.1. The summed E-state index contributed by atoms with van der Waals surface area (Å²) < 4.78 is 0. The largest absolute Gasteiger partial charge is 0.396 e. The van der Waals surface area contributed by atoms with Gasteiger partial charge >= 0.3 is 0 Å². The SMILES string of the molecule is Cc1cc(C#Cc2ccc(CCO)cc2)ccc1-c1ccc(C#Cc2ccc(CCO)cc2)cc1C. The lowest BCUT2D eigenvalue weighted by molar-refractivity contribution is 0.299. The molecular formula is C34H30O2. The Kier molecular flexibility index (Phi) is 8.38. The van der Waals surface area contributed by atoms with E-state index in [0.29, 0.717) is 12.8 Å². The molecule has 2 N–H and O–H groups in total. The van der Waals surface area contributed by atoms with Crippen LogP contribution in [0.2, 0.25) is 0 Å². The van der Waals surface area contributed by atoms with Crippen molar-refractivity contribution in [3.8, 4) is 34.8 Å². The number of aliphatic hydroxyl groups excluding tert-OH is 2. The molecule has 0 aliphatic heterocycles. The first-order chi connectivity index (χ1) is 17.6. The third-order valence-corrected chi connectivity index (χ3v) is 6.15. The topological polar surface area (TPSA) is 40.5 Å². The Morgan fingerprint density at radius 3 is 1.14 bits per heavy atom. The summed E-state index contributed by atoms with van der Waals surface area (Å²) in [5, 5.41) is 18.1. The Morgan fingerprint density at radius 1 is 0.472 bits per heavy atom. The number of aryl methyl sites for hydroxylation is 2. The van der Waals surface area contributed by atoms with E-state index in [-0.39, 0.29) is 13.2 Å². The van der Waals surface area contributed by atoms with E-state index >= 15 is 0 Å². The molecule has 0 saturated heterocycles. The molecule has 0 amide bonds. The normalized spacial score (nSPS) is 10.2. The standard InChI is InChI=1S/C34H30O2/c1-25-23-31(13-11-27-3-7-29(8-4-27)19-21-35)15-17-33(25)34-18-16-32(24-26(34)2)14-12-28-5-9-30(10-6-28)20-22-36/h3-10,15-18,23-24,35-36H,19-22H2,1-2H3. The summed E-state index contributed by atoms with van der Waals surface area (Å²) >= 11 is 0. The van der Waals surface area contributed by atoms with Crippen molar-refractivity contribution in [1.29, 1.82) is 0 Å². The quantitative estimate of drug-likeness (QED) is 0.360. The minimum atomic E-state index is 0.160. The van der Waals surface area contributed by atoms with Crippen LogP contribution in [-0.2, 0) is 12.8 Å². The highest BCUT2D eigenvalue weighted by Gasteiger charge is 2.06. The second-order valence-electron chi connectivity index (χ2n) is 8.90. The smallest absolute Gasteiger partial charge is 0.0471 e. The van der Waals surface area contributed by atoms with Crippen molar-refractivity contribution in [1.82, 2.24) is 0 Å². The zero-order valence-corrected chi connectivity index (χ0v) is 20.8. The van der Waals surface area contributed by atoms with Crippen molar-refractivity contribution >= 4 is 0 Å². The fraction of sp³-hybridized carbons (Fsp3) is 0.176.